The lowest BCUT2D eigenvalue weighted by atomic mass is 10.1. The monoisotopic (exact) mass is 357 g/mol. The molecule has 0 aliphatic rings. The van der Waals surface area contributed by atoms with E-state index in [4.69, 9.17) is 18.0 Å². The van der Waals surface area contributed by atoms with Crippen LogP contribution in [0.4, 0.5) is 0 Å². The van der Waals surface area contributed by atoms with Gasteiger partial charge in [-0.2, -0.15) is 5.26 Å². The number of nitrogens with two attached hydrogens (primary N) is 1. The predicted molar refractivity (Wildman–Crippen MR) is 97.3 cm³/mol. The molecule has 7 heteroatoms. The Labute approximate surface area is 146 Å². The van der Waals surface area contributed by atoms with Crippen LogP contribution in [0.5, 0.6) is 0 Å². The minimum Gasteiger partial charge on any atom is -0.397 e. The first kappa shape index (κ1) is 17.7. The van der Waals surface area contributed by atoms with E-state index >= 15 is 0 Å². The topological polar surface area (TPSA) is 96.0 Å². The summed E-state index contributed by atoms with van der Waals surface area (Å²) in [6, 6.07) is 16.9. The Morgan fingerprint density at radius 3 is 2.25 bits per heavy atom. The Morgan fingerprint density at radius 1 is 1.12 bits per heavy atom. The number of rotatable bonds is 4. The highest BCUT2D eigenvalue weighted by molar-refractivity contribution is 7.92. The normalized spacial score (nSPS) is 12.0. The van der Waals surface area contributed by atoms with Crippen LogP contribution >= 0.6 is 12.2 Å². The standard InChI is InChI=1S/C17H15N3O2S2/c1-12-7-9-14(10-8-12)24(21,22)20-17(23)15(11-18)16(19)13-5-3-2-4-6-13/h2-10H,19H2,1H3,(H,20,23)/b16-15-. The highest BCUT2D eigenvalue weighted by atomic mass is 32.2. The van der Waals surface area contributed by atoms with Crippen LogP contribution in [0.2, 0.25) is 0 Å². The molecular formula is C17H15N3O2S2. The molecule has 0 saturated carbocycles. The molecule has 122 valence electrons. The quantitative estimate of drug-likeness (QED) is 0.498. The zero-order valence-electron chi connectivity index (χ0n) is 12.9. The van der Waals surface area contributed by atoms with Crippen molar-refractivity contribution in [2.75, 3.05) is 0 Å². The van der Waals surface area contributed by atoms with Crippen molar-refractivity contribution in [1.29, 1.82) is 5.26 Å². The lowest BCUT2D eigenvalue weighted by molar-refractivity contribution is 0.593. The van der Waals surface area contributed by atoms with E-state index in [1.165, 1.54) is 12.1 Å². The van der Waals surface area contributed by atoms with Crippen LogP contribution in [0.3, 0.4) is 0 Å². The van der Waals surface area contributed by atoms with Gasteiger partial charge in [0.2, 0.25) is 0 Å². The van der Waals surface area contributed by atoms with Gasteiger partial charge in [-0.1, -0.05) is 60.2 Å². The van der Waals surface area contributed by atoms with E-state index in [1.807, 2.05) is 13.0 Å². The van der Waals surface area contributed by atoms with Gasteiger partial charge in [-0.05, 0) is 24.6 Å². The summed E-state index contributed by atoms with van der Waals surface area (Å²) in [7, 11) is -3.88. The highest BCUT2D eigenvalue weighted by Gasteiger charge is 2.19. The molecule has 2 rings (SSSR count). The van der Waals surface area contributed by atoms with E-state index in [2.05, 4.69) is 4.72 Å². The molecule has 0 heterocycles. The largest absolute Gasteiger partial charge is 0.397 e. The smallest absolute Gasteiger partial charge is 0.262 e. The van der Waals surface area contributed by atoms with Crippen molar-refractivity contribution in [2.24, 2.45) is 5.73 Å². The Balaban J connectivity index is 2.33. The van der Waals surface area contributed by atoms with E-state index in [0.29, 0.717) is 5.56 Å². The molecule has 2 aromatic rings. The third-order valence-electron chi connectivity index (χ3n) is 3.25. The maximum atomic E-state index is 12.4. The lowest BCUT2D eigenvalue weighted by Crippen LogP contribution is -2.31. The van der Waals surface area contributed by atoms with Gasteiger partial charge in [0.25, 0.3) is 10.0 Å². The number of hydrogen-bond acceptors (Lipinski definition) is 5. The van der Waals surface area contributed by atoms with Crippen molar-refractivity contribution in [2.45, 2.75) is 11.8 Å². The first-order valence-electron chi connectivity index (χ1n) is 6.94. The minimum absolute atomic E-state index is 0.0611. The van der Waals surface area contributed by atoms with Crippen molar-refractivity contribution >= 4 is 32.9 Å². The van der Waals surface area contributed by atoms with Crippen LogP contribution in [0.15, 0.2) is 65.1 Å². The zero-order valence-corrected chi connectivity index (χ0v) is 14.5. The van der Waals surface area contributed by atoms with Gasteiger partial charge >= 0.3 is 0 Å². The maximum Gasteiger partial charge on any atom is 0.262 e. The van der Waals surface area contributed by atoms with E-state index in [9.17, 15) is 13.7 Å². The summed E-state index contributed by atoms with van der Waals surface area (Å²) in [6.07, 6.45) is 0. The molecular weight excluding hydrogens is 342 g/mol. The molecule has 0 aliphatic carbocycles. The molecule has 24 heavy (non-hydrogen) atoms. The SMILES string of the molecule is Cc1ccc(S(=O)(=O)NC(=S)/C(C#N)=C(\N)c2ccccc2)cc1. The summed E-state index contributed by atoms with van der Waals surface area (Å²) in [5.74, 6) is 0. The maximum absolute atomic E-state index is 12.4. The highest BCUT2D eigenvalue weighted by Crippen LogP contribution is 2.16. The Hall–Kier alpha value is -2.69. The number of nitrogens with zero attached hydrogens (tertiary/aromatic N) is 1. The molecule has 2 aromatic carbocycles. The fourth-order valence-corrected chi connectivity index (χ4v) is 3.39. The van der Waals surface area contributed by atoms with Crippen molar-refractivity contribution in [3.8, 4) is 6.07 Å². The fraction of sp³-hybridized carbons (Fsp3) is 0.0588. The molecule has 5 nitrogen and oxygen atoms in total. The summed E-state index contributed by atoms with van der Waals surface area (Å²) < 4.78 is 27.0. The third-order valence-corrected chi connectivity index (χ3v) is 5.05. The summed E-state index contributed by atoms with van der Waals surface area (Å²) >= 11 is 5.07. The van der Waals surface area contributed by atoms with Gasteiger partial charge < -0.3 is 5.73 Å². The fourth-order valence-electron chi connectivity index (χ4n) is 1.94. The van der Waals surface area contributed by atoms with E-state index in [1.54, 1.807) is 42.5 Å². The summed E-state index contributed by atoms with van der Waals surface area (Å²) in [4.78, 5) is -0.176. The molecule has 0 unspecified atom stereocenters. The van der Waals surface area contributed by atoms with Crippen LogP contribution in [0.1, 0.15) is 11.1 Å². The molecule has 0 amide bonds. The van der Waals surface area contributed by atoms with Gasteiger partial charge in [-0.3, -0.25) is 4.72 Å². The zero-order chi connectivity index (χ0) is 17.7. The van der Waals surface area contributed by atoms with Gasteiger partial charge in [0.1, 0.15) is 16.6 Å². The average molecular weight is 357 g/mol. The van der Waals surface area contributed by atoms with Crippen molar-refractivity contribution in [3.63, 3.8) is 0 Å². The second-order valence-electron chi connectivity index (χ2n) is 5.01. The third kappa shape index (κ3) is 3.98. The van der Waals surface area contributed by atoms with Crippen molar-refractivity contribution in [3.05, 3.63) is 71.3 Å². The number of hydrogen-bond donors (Lipinski definition) is 2. The molecule has 0 radical (unpaired) electrons. The minimum atomic E-state index is -3.88. The molecule has 0 aliphatic heterocycles. The number of nitrogens with one attached hydrogen (secondary N) is 1. The van der Waals surface area contributed by atoms with Crippen LogP contribution in [-0.4, -0.2) is 13.4 Å². The second kappa shape index (κ2) is 7.25. The Kier molecular flexibility index (Phi) is 5.34. The Morgan fingerprint density at radius 2 is 1.71 bits per heavy atom. The molecule has 0 spiro atoms. The van der Waals surface area contributed by atoms with Crippen LogP contribution < -0.4 is 10.5 Å². The van der Waals surface area contributed by atoms with Gasteiger partial charge in [0.15, 0.2) is 0 Å². The first-order chi connectivity index (χ1) is 11.3. The number of benzene rings is 2. The lowest BCUT2D eigenvalue weighted by Gasteiger charge is -2.11. The van der Waals surface area contributed by atoms with E-state index in [0.717, 1.165) is 5.56 Å². The molecule has 0 atom stereocenters. The molecule has 3 N–H and O–H groups in total. The van der Waals surface area contributed by atoms with Gasteiger partial charge in [0.05, 0.1) is 10.6 Å². The van der Waals surface area contributed by atoms with Gasteiger partial charge in [0, 0.05) is 0 Å². The summed E-state index contributed by atoms with van der Waals surface area (Å²) in [6.45, 7) is 1.85. The average Bonchev–Trinajstić information content (AvgIpc) is 2.56. The number of nitriles is 1. The van der Waals surface area contributed by atoms with Crippen LogP contribution in [0.25, 0.3) is 5.70 Å². The molecule has 0 aromatic heterocycles. The summed E-state index contributed by atoms with van der Waals surface area (Å²) in [5, 5.41) is 9.32. The predicted octanol–water partition coefficient (Wildman–Crippen LogP) is 2.49. The number of sulfonamides is 1. The van der Waals surface area contributed by atoms with E-state index in [-0.39, 0.29) is 21.2 Å². The van der Waals surface area contributed by atoms with Crippen LogP contribution in [-0.2, 0) is 10.0 Å². The van der Waals surface area contributed by atoms with Gasteiger partial charge in [-0.25, -0.2) is 8.42 Å². The van der Waals surface area contributed by atoms with E-state index < -0.39 is 10.0 Å². The van der Waals surface area contributed by atoms with Gasteiger partial charge in [-0.15, -0.1) is 0 Å². The summed E-state index contributed by atoms with van der Waals surface area (Å²) in [5.41, 5.74) is 7.51. The first-order valence-corrected chi connectivity index (χ1v) is 8.83. The molecule has 0 fully saturated rings. The van der Waals surface area contributed by atoms with Crippen molar-refractivity contribution in [1.82, 2.24) is 4.72 Å². The molecule has 0 saturated heterocycles. The van der Waals surface area contributed by atoms with Crippen LogP contribution in [0, 0.1) is 18.3 Å². The number of aryl methyl sites for hydroxylation is 1. The second-order valence-corrected chi connectivity index (χ2v) is 7.10. The number of thiocarbonyl (C=S) groups is 1. The Bertz CT molecular complexity index is 926. The van der Waals surface area contributed by atoms with Crippen molar-refractivity contribution < 1.29 is 8.42 Å². The molecule has 0 bridgehead atoms.